The van der Waals surface area contributed by atoms with Gasteiger partial charge in [0.25, 0.3) is 0 Å². The first-order valence-corrected chi connectivity index (χ1v) is 8.02. The van der Waals surface area contributed by atoms with Gasteiger partial charge in [-0.15, -0.1) is 0 Å². The maximum atomic E-state index is 9.93. The van der Waals surface area contributed by atoms with Crippen LogP contribution in [0.5, 0.6) is 0 Å². The van der Waals surface area contributed by atoms with Crippen molar-refractivity contribution in [1.29, 1.82) is 0 Å². The van der Waals surface area contributed by atoms with Crippen molar-refractivity contribution in [3.8, 4) is 0 Å². The van der Waals surface area contributed by atoms with Crippen LogP contribution in [0.1, 0.15) is 65.2 Å². The van der Waals surface area contributed by atoms with Crippen molar-refractivity contribution in [2.24, 2.45) is 11.3 Å². The van der Waals surface area contributed by atoms with Gasteiger partial charge in [0.15, 0.2) is 0 Å². The standard InChI is InChI=1S/C16H31NO/c1-14(2)15-8-7-11-17(15)12-16(13-18)9-5-3-4-6-10-16/h14-15,18H,3-13H2,1-2H3. The van der Waals surface area contributed by atoms with E-state index < -0.39 is 0 Å². The molecule has 0 aromatic heterocycles. The molecule has 2 heteroatoms. The quantitative estimate of drug-likeness (QED) is 0.776. The molecule has 0 spiro atoms. The second-order valence-electron chi connectivity index (χ2n) is 7.00. The lowest BCUT2D eigenvalue weighted by atomic mass is 9.80. The first kappa shape index (κ1) is 14.3. The number of hydrogen-bond donors (Lipinski definition) is 1. The molecule has 1 heterocycles. The molecule has 0 bridgehead atoms. The Balaban J connectivity index is 2.00. The first-order chi connectivity index (χ1) is 8.67. The normalized spacial score (nSPS) is 29.7. The Morgan fingerprint density at radius 1 is 1.11 bits per heavy atom. The number of hydrogen-bond acceptors (Lipinski definition) is 2. The predicted octanol–water partition coefficient (Wildman–Crippen LogP) is 3.44. The van der Waals surface area contributed by atoms with Crippen LogP contribution in [0, 0.1) is 11.3 Å². The lowest BCUT2D eigenvalue weighted by Crippen LogP contribution is -2.44. The van der Waals surface area contributed by atoms with Crippen LogP contribution in [0.4, 0.5) is 0 Å². The molecular formula is C16H31NO. The minimum Gasteiger partial charge on any atom is -0.396 e. The zero-order chi connectivity index (χ0) is 13.0. The summed E-state index contributed by atoms with van der Waals surface area (Å²) in [5, 5.41) is 9.93. The smallest absolute Gasteiger partial charge is 0.0499 e. The van der Waals surface area contributed by atoms with Crippen LogP contribution in [0.3, 0.4) is 0 Å². The van der Waals surface area contributed by atoms with Gasteiger partial charge >= 0.3 is 0 Å². The van der Waals surface area contributed by atoms with E-state index in [2.05, 4.69) is 18.7 Å². The molecule has 1 aliphatic heterocycles. The van der Waals surface area contributed by atoms with Crippen LogP contribution in [-0.4, -0.2) is 35.7 Å². The van der Waals surface area contributed by atoms with Gasteiger partial charge in [0.1, 0.15) is 0 Å². The Kier molecular flexibility index (Phi) is 5.08. The van der Waals surface area contributed by atoms with Gasteiger partial charge in [-0.1, -0.05) is 39.5 Å². The van der Waals surface area contributed by atoms with E-state index in [4.69, 9.17) is 0 Å². The van der Waals surface area contributed by atoms with Crippen LogP contribution >= 0.6 is 0 Å². The van der Waals surface area contributed by atoms with Gasteiger partial charge in [0.05, 0.1) is 0 Å². The summed E-state index contributed by atoms with van der Waals surface area (Å²) in [5.41, 5.74) is 0.216. The van der Waals surface area contributed by atoms with Gasteiger partial charge in [0.2, 0.25) is 0 Å². The number of aliphatic hydroxyl groups is 1. The fourth-order valence-electron chi connectivity index (χ4n) is 4.08. The highest BCUT2D eigenvalue weighted by molar-refractivity contribution is 4.90. The Bertz CT molecular complexity index is 243. The molecule has 0 amide bonds. The van der Waals surface area contributed by atoms with Crippen molar-refractivity contribution in [2.45, 2.75) is 71.3 Å². The Hall–Kier alpha value is -0.0800. The molecule has 2 fully saturated rings. The summed E-state index contributed by atoms with van der Waals surface area (Å²) in [7, 11) is 0. The third-order valence-electron chi connectivity index (χ3n) is 5.22. The highest BCUT2D eigenvalue weighted by atomic mass is 16.3. The second kappa shape index (κ2) is 6.38. The van der Waals surface area contributed by atoms with E-state index in [9.17, 15) is 5.11 Å². The maximum absolute atomic E-state index is 9.93. The minimum absolute atomic E-state index is 0.216. The largest absolute Gasteiger partial charge is 0.396 e. The van der Waals surface area contributed by atoms with E-state index in [1.165, 1.54) is 57.9 Å². The zero-order valence-corrected chi connectivity index (χ0v) is 12.3. The Morgan fingerprint density at radius 3 is 2.33 bits per heavy atom. The minimum atomic E-state index is 0.216. The Morgan fingerprint density at radius 2 is 1.78 bits per heavy atom. The number of rotatable bonds is 4. The maximum Gasteiger partial charge on any atom is 0.0499 e. The molecule has 0 radical (unpaired) electrons. The van der Waals surface area contributed by atoms with Crippen molar-refractivity contribution >= 4 is 0 Å². The molecule has 2 rings (SSSR count). The Labute approximate surface area is 113 Å². The fraction of sp³-hybridized carbons (Fsp3) is 1.00. The molecular weight excluding hydrogens is 222 g/mol. The number of aliphatic hydroxyl groups excluding tert-OH is 1. The molecule has 18 heavy (non-hydrogen) atoms. The highest BCUT2D eigenvalue weighted by Gasteiger charge is 2.36. The molecule has 2 aliphatic rings. The predicted molar refractivity (Wildman–Crippen MR) is 76.7 cm³/mol. The first-order valence-electron chi connectivity index (χ1n) is 8.02. The van der Waals surface area contributed by atoms with Gasteiger partial charge in [-0.2, -0.15) is 0 Å². The fourth-order valence-corrected chi connectivity index (χ4v) is 4.08. The summed E-state index contributed by atoms with van der Waals surface area (Å²) < 4.78 is 0. The third kappa shape index (κ3) is 3.27. The average Bonchev–Trinajstić information content (AvgIpc) is 2.68. The number of nitrogens with zero attached hydrogens (tertiary/aromatic N) is 1. The van der Waals surface area contributed by atoms with Gasteiger partial charge in [-0.25, -0.2) is 0 Å². The number of likely N-dealkylation sites (tertiary alicyclic amines) is 1. The summed E-state index contributed by atoms with van der Waals surface area (Å²) in [6.07, 6.45) is 10.6. The molecule has 1 saturated heterocycles. The average molecular weight is 253 g/mol. The lowest BCUT2D eigenvalue weighted by Gasteiger charge is -2.38. The monoisotopic (exact) mass is 253 g/mol. The third-order valence-corrected chi connectivity index (χ3v) is 5.22. The van der Waals surface area contributed by atoms with Crippen molar-refractivity contribution in [2.75, 3.05) is 19.7 Å². The van der Waals surface area contributed by atoms with Crippen LogP contribution in [0.15, 0.2) is 0 Å². The van der Waals surface area contributed by atoms with Gasteiger partial charge in [-0.05, 0) is 38.1 Å². The zero-order valence-electron chi connectivity index (χ0n) is 12.3. The molecule has 1 atom stereocenters. The lowest BCUT2D eigenvalue weighted by molar-refractivity contribution is 0.0469. The summed E-state index contributed by atoms with van der Waals surface area (Å²) in [5.74, 6) is 0.758. The van der Waals surface area contributed by atoms with Crippen LogP contribution in [0.2, 0.25) is 0 Å². The molecule has 1 saturated carbocycles. The molecule has 106 valence electrons. The molecule has 1 aliphatic carbocycles. The van der Waals surface area contributed by atoms with E-state index in [0.717, 1.165) is 18.5 Å². The van der Waals surface area contributed by atoms with Crippen molar-refractivity contribution in [3.63, 3.8) is 0 Å². The van der Waals surface area contributed by atoms with Crippen LogP contribution in [0.25, 0.3) is 0 Å². The van der Waals surface area contributed by atoms with Crippen molar-refractivity contribution in [3.05, 3.63) is 0 Å². The van der Waals surface area contributed by atoms with Gasteiger partial charge < -0.3 is 5.11 Å². The van der Waals surface area contributed by atoms with Crippen LogP contribution < -0.4 is 0 Å². The van der Waals surface area contributed by atoms with Gasteiger partial charge in [0, 0.05) is 24.6 Å². The molecule has 0 aromatic carbocycles. The highest BCUT2D eigenvalue weighted by Crippen LogP contribution is 2.37. The van der Waals surface area contributed by atoms with E-state index >= 15 is 0 Å². The summed E-state index contributed by atoms with van der Waals surface area (Å²) in [4.78, 5) is 2.69. The van der Waals surface area contributed by atoms with Crippen molar-refractivity contribution in [1.82, 2.24) is 4.90 Å². The van der Waals surface area contributed by atoms with Crippen LogP contribution in [-0.2, 0) is 0 Å². The summed E-state index contributed by atoms with van der Waals surface area (Å²) >= 11 is 0. The summed E-state index contributed by atoms with van der Waals surface area (Å²) in [6, 6.07) is 0.761. The van der Waals surface area contributed by atoms with E-state index in [-0.39, 0.29) is 5.41 Å². The van der Waals surface area contributed by atoms with Gasteiger partial charge in [-0.3, -0.25) is 4.90 Å². The SMILES string of the molecule is CC(C)C1CCCN1CC1(CO)CCCCCC1. The summed E-state index contributed by atoms with van der Waals surface area (Å²) in [6.45, 7) is 7.49. The van der Waals surface area contributed by atoms with E-state index in [1.54, 1.807) is 0 Å². The second-order valence-corrected chi connectivity index (χ2v) is 7.00. The molecule has 1 N–H and O–H groups in total. The molecule has 1 unspecified atom stereocenters. The molecule has 0 aromatic rings. The topological polar surface area (TPSA) is 23.5 Å². The van der Waals surface area contributed by atoms with E-state index in [0.29, 0.717) is 6.61 Å². The van der Waals surface area contributed by atoms with Crippen molar-refractivity contribution < 1.29 is 5.11 Å². The van der Waals surface area contributed by atoms with E-state index in [1.807, 2.05) is 0 Å². The molecule has 2 nitrogen and oxygen atoms in total.